The molecule has 0 radical (unpaired) electrons. The van der Waals surface area contributed by atoms with Crippen LogP contribution in [0.3, 0.4) is 0 Å². The summed E-state index contributed by atoms with van der Waals surface area (Å²) in [7, 11) is 1.50. The molecule has 0 fully saturated rings. The maximum Gasteiger partial charge on any atom is 0.331 e. The number of rotatable bonds is 3. The Morgan fingerprint density at radius 3 is 2.60 bits per heavy atom. The Kier molecular flexibility index (Phi) is 3.17. The summed E-state index contributed by atoms with van der Waals surface area (Å²) in [6.07, 6.45) is 0.131. The summed E-state index contributed by atoms with van der Waals surface area (Å²) in [5, 5.41) is 8.32. The first kappa shape index (κ1) is 8.68. The van der Waals surface area contributed by atoms with Crippen molar-refractivity contribution in [2.24, 2.45) is 10.7 Å². The SMILES string of the molecule is C=C(C/C(N)=N\C)C(=O)O. The number of carboxylic acid groups (broad SMARTS) is 1. The molecule has 0 aromatic heterocycles. The fourth-order valence-electron chi connectivity index (χ4n) is 0.373. The normalized spacial score (nSPS) is 11.1. The van der Waals surface area contributed by atoms with Gasteiger partial charge in [-0.15, -0.1) is 0 Å². The van der Waals surface area contributed by atoms with Gasteiger partial charge in [0, 0.05) is 19.0 Å². The van der Waals surface area contributed by atoms with Gasteiger partial charge in [0.2, 0.25) is 0 Å². The molecule has 0 aromatic carbocycles. The van der Waals surface area contributed by atoms with Crippen LogP contribution in [0.1, 0.15) is 6.42 Å². The topological polar surface area (TPSA) is 75.7 Å². The van der Waals surface area contributed by atoms with Crippen LogP contribution in [0.5, 0.6) is 0 Å². The molecule has 0 heterocycles. The van der Waals surface area contributed by atoms with Gasteiger partial charge in [0.1, 0.15) is 0 Å². The number of nitrogens with zero attached hydrogens (tertiary/aromatic N) is 1. The van der Waals surface area contributed by atoms with Crippen molar-refractivity contribution in [2.45, 2.75) is 6.42 Å². The molecule has 0 aliphatic rings. The zero-order valence-electron chi connectivity index (χ0n) is 5.79. The molecule has 0 atom stereocenters. The van der Waals surface area contributed by atoms with E-state index in [-0.39, 0.29) is 17.8 Å². The Labute approximate surface area is 59.1 Å². The number of carbonyl (C=O) groups is 1. The van der Waals surface area contributed by atoms with Gasteiger partial charge < -0.3 is 10.8 Å². The summed E-state index contributed by atoms with van der Waals surface area (Å²) in [5.74, 6) is -0.751. The lowest BCUT2D eigenvalue weighted by Crippen LogP contribution is -2.14. The minimum Gasteiger partial charge on any atom is -0.478 e. The van der Waals surface area contributed by atoms with Crippen LogP contribution < -0.4 is 5.73 Å². The van der Waals surface area contributed by atoms with Crippen LogP contribution in [-0.4, -0.2) is 24.0 Å². The molecule has 0 bridgehead atoms. The maximum atomic E-state index is 10.1. The van der Waals surface area contributed by atoms with Crippen LogP contribution in [0.25, 0.3) is 0 Å². The molecule has 0 saturated heterocycles. The lowest BCUT2D eigenvalue weighted by atomic mass is 10.2. The van der Waals surface area contributed by atoms with Crippen molar-refractivity contribution in [1.29, 1.82) is 0 Å². The van der Waals surface area contributed by atoms with Crippen molar-refractivity contribution in [2.75, 3.05) is 7.05 Å². The molecule has 0 saturated carbocycles. The molecule has 4 heteroatoms. The lowest BCUT2D eigenvalue weighted by molar-refractivity contribution is -0.132. The Balaban J connectivity index is 3.93. The lowest BCUT2D eigenvalue weighted by Gasteiger charge is -1.96. The van der Waals surface area contributed by atoms with Gasteiger partial charge in [0.25, 0.3) is 0 Å². The first-order chi connectivity index (χ1) is 4.57. The van der Waals surface area contributed by atoms with Crippen molar-refractivity contribution in [3.8, 4) is 0 Å². The van der Waals surface area contributed by atoms with Crippen LogP contribution in [0, 0.1) is 0 Å². The highest BCUT2D eigenvalue weighted by atomic mass is 16.4. The van der Waals surface area contributed by atoms with Crippen molar-refractivity contribution < 1.29 is 9.90 Å². The minimum atomic E-state index is -1.04. The van der Waals surface area contributed by atoms with Gasteiger partial charge in [-0.2, -0.15) is 0 Å². The molecule has 0 rings (SSSR count). The Bertz CT molecular complexity index is 184. The van der Waals surface area contributed by atoms with Crippen molar-refractivity contribution in [1.82, 2.24) is 0 Å². The molecule has 0 amide bonds. The highest BCUT2D eigenvalue weighted by Crippen LogP contribution is 1.96. The highest BCUT2D eigenvalue weighted by Gasteiger charge is 2.04. The Morgan fingerprint density at radius 2 is 2.30 bits per heavy atom. The van der Waals surface area contributed by atoms with Crippen LogP contribution in [-0.2, 0) is 4.79 Å². The molecular weight excluding hydrogens is 132 g/mol. The average Bonchev–Trinajstić information content (AvgIpc) is 1.87. The number of aliphatic carboxylic acids is 1. The van der Waals surface area contributed by atoms with E-state index in [2.05, 4.69) is 11.6 Å². The molecule has 4 nitrogen and oxygen atoms in total. The van der Waals surface area contributed by atoms with E-state index in [4.69, 9.17) is 10.8 Å². The second-order valence-corrected chi connectivity index (χ2v) is 1.80. The van der Waals surface area contributed by atoms with E-state index >= 15 is 0 Å². The third-order valence-electron chi connectivity index (χ3n) is 0.984. The number of hydrogen-bond donors (Lipinski definition) is 2. The van der Waals surface area contributed by atoms with E-state index in [0.29, 0.717) is 0 Å². The van der Waals surface area contributed by atoms with Gasteiger partial charge in [0.15, 0.2) is 0 Å². The molecule has 10 heavy (non-hydrogen) atoms. The summed E-state index contributed by atoms with van der Waals surface area (Å²) in [4.78, 5) is 13.7. The summed E-state index contributed by atoms with van der Waals surface area (Å²) >= 11 is 0. The van der Waals surface area contributed by atoms with E-state index in [1.807, 2.05) is 0 Å². The summed E-state index contributed by atoms with van der Waals surface area (Å²) in [6.45, 7) is 3.28. The molecule has 0 aliphatic heterocycles. The van der Waals surface area contributed by atoms with Gasteiger partial charge in [0.05, 0.1) is 5.84 Å². The summed E-state index contributed by atoms with van der Waals surface area (Å²) in [5.41, 5.74) is 5.30. The molecule has 56 valence electrons. The van der Waals surface area contributed by atoms with Gasteiger partial charge in [-0.25, -0.2) is 4.79 Å². The first-order valence-corrected chi connectivity index (χ1v) is 2.70. The number of carboxylic acids is 1. The number of amidine groups is 1. The predicted molar refractivity (Wildman–Crippen MR) is 38.9 cm³/mol. The van der Waals surface area contributed by atoms with E-state index in [1.165, 1.54) is 7.05 Å². The van der Waals surface area contributed by atoms with Crippen LogP contribution in [0.2, 0.25) is 0 Å². The quantitative estimate of drug-likeness (QED) is 0.331. The van der Waals surface area contributed by atoms with E-state index in [0.717, 1.165) is 0 Å². The predicted octanol–water partition coefficient (Wildman–Crippen LogP) is 0.00430. The molecule has 3 N–H and O–H groups in total. The van der Waals surface area contributed by atoms with Gasteiger partial charge in [-0.1, -0.05) is 6.58 Å². The fraction of sp³-hybridized carbons (Fsp3) is 0.333. The summed E-state index contributed by atoms with van der Waals surface area (Å²) in [6, 6.07) is 0. The first-order valence-electron chi connectivity index (χ1n) is 2.70. The van der Waals surface area contributed by atoms with E-state index < -0.39 is 5.97 Å². The smallest absolute Gasteiger partial charge is 0.331 e. The van der Waals surface area contributed by atoms with Gasteiger partial charge in [-0.3, -0.25) is 4.99 Å². The fourth-order valence-corrected chi connectivity index (χ4v) is 0.373. The minimum absolute atomic E-state index is 0.0584. The van der Waals surface area contributed by atoms with Gasteiger partial charge in [-0.05, 0) is 0 Å². The van der Waals surface area contributed by atoms with Crippen LogP contribution in [0.15, 0.2) is 17.1 Å². The van der Waals surface area contributed by atoms with Crippen molar-refractivity contribution in [3.05, 3.63) is 12.2 Å². The standard InChI is InChI=1S/C6H10N2O2/c1-4(6(9)10)3-5(7)8-2/h1,3H2,2H3,(H2,7,8)(H,9,10). The molecule has 0 spiro atoms. The van der Waals surface area contributed by atoms with Crippen LogP contribution in [0.4, 0.5) is 0 Å². The number of hydrogen-bond acceptors (Lipinski definition) is 2. The molecule has 0 aromatic rings. The average molecular weight is 142 g/mol. The molecule has 0 unspecified atom stereocenters. The highest BCUT2D eigenvalue weighted by molar-refractivity contribution is 5.94. The number of nitrogens with two attached hydrogens (primary N) is 1. The van der Waals surface area contributed by atoms with E-state index in [9.17, 15) is 4.79 Å². The third-order valence-corrected chi connectivity index (χ3v) is 0.984. The zero-order valence-corrected chi connectivity index (χ0v) is 5.79. The molecule has 0 aliphatic carbocycles. The largest absolute Gasteiger partial charge is 0.478 e. The van der Waals surface area contributed by atoms with Crippen molar-refractivity contribution >= 4 is 11.8 Å². The third kappa shape index (κ3) is 2.86. The second-order valence-electron chi connectivity index (χ2n) is 1.80. The monoisotopic (exact) mass is 142 g/mol. The molecular formula is C6H10N2O2. The Morgan fingerprint density at radius 1 is 1.80 bits per heavy atom. The van der Waals surface area contributed by atoms with E-state index in [1.54, 1.807) is 0 Å². The van der Waals surface area contributed by atoms with Crippen molar-refractivity contribution in [3.63, 3.8) is 0 Å². The zero-order chi connectivity index (χ0) is 8.15. The van der Waals surface area contributed by atoms with Crippen LogP contribution >= 0.6 is 0 Å². The maximum absolute atomic E-state index is 10.1. The summed E-state index contributed by atoms with van der Waals surface area (Å²) < 4.78 is 0. The van der Waals surface area contributed by atoms with Gasteiger partial charge >= 0.3 is 5.97 Å². The second kappa shape index (κ2) is 3.66. The Hall–Kier alpha value is -1.32. The number of aliphatic imine (C=N–C) groups is 1.